The fourth-order valence-electron chi connectivity index (χ4n) is 2.36. The second-order valence-electron chi connectivity index (χ2n) is 4.96. The minimum Gasteiger partial charge on any atom is -0.250 e. The molecule has 2 nitrogen and oxygen atoms in total. The maximum Gasteiger partial charge on any atom is 0.0968 e. The highest BCUT2D eigenvalue weighted by Crippen LogP contribution is 2.23. The highest BCUT2D eigenvalue weighted by Gasteiger charge is 2.07. The third kappa shape index (κ3) is 3.46. The van der Waals surface area contributed by atoms with Crippen LogP contribution in [0.5, 0.6) is 0 Å². The second kappa shape index (κ2) is 6.58. The van der Waals surface area contributed by atoms with Crippen molar-refractivity contribution in [1.29, 1.82) is 0 Å². The third-order valence-electron chi connectivity index (χ3n) is 3.30. The van der Waals surface area contributed by atoms with Crippen LogP contribution in [0.25, 0.3) is 21.8 Å². The number of nitrogens with zero attached hydrogens (tertiary/aromatic N) is 2. The van der Waals surface area contributed by atoms with Crippen LogP contribution in [0, 0.1) is 0 Å². The number of hydrogen-bond acceptors (Lipinski definition) is 4. The molecule has 3 aromatic rings. The molecule has 1 aromatic carbocycles. The van der Waals surface area contributed by atoms with Gasteiger partial charge in [0.25, 0.3) is 0 Å². The number of aromatic nitrogens is 2. The molecule has 2 heterocycles. The lowest BCUT2D eigenvalue weighted by molar-refractivity contribution is 1.18. The maximum atomic E-state index is 5.05. The van der Waals surface area contributed by atoms with Gasteiger partial charge in [-0.25, -0.2) is 0 Å². The molecule has 6 heteroatoms. The Bertz CT molecular complexity index is 830. The minimum atomic E-state index is 0.575. The van der Waals surface area contributed by atoms with E-state index in [4.69, 9.17) is 34.4 Å². The number of thiocarbonyl (C=S) groups is 2. The van der Waals surface area contributed by atoms with Crippen molar-refractivity contribution in [3.63, 3.8) is 0 Å². The van der Waals surface area contributed by atoms with Crippen LogP contribution >= 0.6 is 49.7 Å². The Balaban J connectivity index is 2.21. The molecule has 0 aliphatic heterocycles. The monoisotopic (exact) mass is 360 g/mol. The smallest absolute Gasteiger partial charge is 0.0968 e. The minimum absolute atomic E-state index is 0.575. The van der Waals surface area contributed by atoms with Gasteiger partial charge in [0.05, 0.1) is 19.4 Å². The van der Waals surface area contributed by atoms with E-state index in [1.807, 2.05) is 24.3 Å². The molecule has 0 bridgehead atoms. The van der Waals surface area contributed by atoms with Gasteiger partial charge in [-0.15, -0.1) is 25.3 Å². The van der Waals surface area contributed by atoms with Gasteiger partial charge in [0.2, 0.25) is 0 Å². The van der Waals surface area contributed by atoms with Crippen molar-refractivity contribution in [1.82, 2.24) is 9.97 Å². The van der Waals surface area contributed by atoms with Crippen molar-refractivity contribution in [3.05, 3.63) is 47.8 Å². The number of thiol groups is 2. The van der Waals surface area contributed by atoms with E-state index < -0.39 is 0 Å². The second-order valence-corrected chi connectivity index (χ2v) is 7.63. The molecule has 0 aliphatic rings. The van der Waals surface area contributed by atoms with E-state index in [2.05, 4.69) is 37.4 Å². The predicted octanol–water partition coefficient (Wildman–Crippen LogP) is 4.38. The topological polar surface area (TPSA) is 25.8 Å². The Morgan fingerprint density at radius 3 is 1.45 bits per heavy atom. The Kier molecular flexibility index (Phi) is 4.73. The largest absolute Gasteiger partial charge is 0.250 e. The Hall–Kier alpha value is -1.08. The van der Waals surface area contributed by atoms with Gasteiger partial charge in [0, 0.05) is 35.0 Å². The van der Waals surface area contributed by atoms with Gasteiger partial charge in [-0.05, 0) is 12.1 Å². The fraction of sp³-hybridized carbons (Fsp3) is 0.125. The average Bonchev–Trinajstić information content (AvgIpc) is 2.46. The van der Waals surface area contributed by atoms with E-state index in [9.17, 15) is 0 Å². The summed E-state index contributed by atoms with van der Waals surface area (Å²) < 4.78 is 1.25. The first-order valence-electron chi connectivity index (χ1n) is 6.65. The molecule has 3 rings (SSSR count). The normalized spacial score (nSPS) is 11.0. The number of fused-ring (bicyclic) bond motifs is 3. The van der Waals surface area contributed by atoms with Crippen LogP contribution in [0.3, 0.4) is 0 Å². The lowest BCUT2D eigenvalue weighted by atomic mass is 10.1. The van der Waals surface area contributed by atoms with Gasteiger partial charge in [0.15, 0.2) is 0 Å². The first-order chi connectivity index (χ1) is 10.5. The molecule has 0 amide bonds. The molecule has 22 heavy (non-hydrogen) atoms. The molecule has 0 saturated heterocycles. The molecule has 2 aromatic heterocycles. The van der Waals surface area contributed by atoms with Gasteiger partial charge < -0.3 is 0 Å². The summed E-state index contributed by atoms with van der Waals surface area (Å²) in [6.45, 7) is 0. The van der Waals surface area contributed by atoms with Crippen LogP contribution in [-0.2, 0) is 12.8 Å². The van der Waals surface area contributed by atoms with Crippen LogP contribution in [0.4, 0.5) is 0 Å². The van der Waals surface area contributed by atoms with Gasteiger partial charge in [-0.1, -0.05) is 48.7 Å². The summed E-state index contributed by atoms with van der Waals surface area (Å²) in [6.07, 6.45) is 1.15. The zero-order valence-electron chi connectivity index (χ0n) is 11.5. The standard InChI is InChI=1S/C16H12N2S4/c19-13(20)7-11-5-3-9-1-2-10-4-6-12(8-14(21)22)18-16(10)15(9)17-11/h1-6H,7-8H2,(H,19,20)(H,21,22). The Morgan fingerprint density at radius 2 is 1.09 bits per heavy atom. The predicted molar refractivity (Wildman–Crippen MR) is 108 cm³/mol. The molecule has 110 valence electrons. The molecular formula is C16H12N2S4. The van der Waals surface area contributed by atoms with Crippen LogP contribution in [0.1, 0.15) is 11.4 Å². The molecular weight excluding hydrogens is 348 g/mol. The number of benzene rings is 1. The van der Waals surface area contributed by atoms with Gasteiger partial charge in [0.1, 0.15) is 0 Å². The average molecular weight is 361 g/mol. The van der Waals surface area contributed by atoms with E-state index in [0.29, 0.717) is 21.2 Å². The van der Waals surface area contributed by atoms with Crippen molar-refractivity contribution in [2.24, 2.45) is 0 Å². The van der Waals surface area contributed by atoms with Crippen LogP contribution < -0.4 is 0 Å². The molecule has 0 aliphatic carbocycles. The highest BCUT2D eigenvalue weighted by molar-refractivity contribution is 8.11. The molecule has 0 unspecified atom stereocenters. The Labute approximate surface area is 150 Å². The number of pyridine rings is 2. The first-order valence-corrected chi connectivity index (χ1v) is 8.36. The maximum absolute atomic E-state index is 5.05. The SMILES string of the molecule is S=C(S)Cc1ccc2ccc3ccc(CC(=S)S)nc3c2n1. The van der Waals surface area contributed by atoms with E-state index in [-0.39, 0.29) is 0 Å². The quantitative estimate of drug-likeness (QED) is 0.410. The van der Waals surface area contributed by atoms with Crippen molar-refractivity contribution in [2.75, 3.05) is 0 Å². The van der Waals surface area contributed by atoms with Crippen LogP contribution in [0.15, 0.2) is 36.4 Å². The van der Waals surface area contributed by atoms with E-state index in [1.54, 1.807) is 0 Å². The lowest BCUT2D eigenvalue weighted by Gasteiger charge is -2.07. The summed E-state index contributed by atoms with van der Waals surface area (Å²) in [7, 11) is 0. The summed E-state index contributed by atoms with van der Waals surface area (Å²) in [5, 5.41) is 2.11. The summed E-state index contributed by atoms with van der Waals surface area (Å²) in [5.41, 5.74) is 3.56. The van der Waals surface area contributed by atoms with Crippen LogP contribution in [-0.4, -0.2) is 18.4 Å². The summed E-state index contributed by atoms with van der Waals surface area (Å²) >= 11 is 18.5. The molecule has 0 saturated carbocycles. The van der Waals surface area contributed by atoms with Gasteiger partial charge >= 0.3 is 0 Å². The molecule has 0 radical (unpaired) electrons. The molecule has 0 spiro atoms. The Morgan fingerprint density at radius 1 is 0.727 bits per heavy atom. The highest BCUT2D eigenvalue weighted by atomic mass is 32.1. The number of rotatable bonds is 4. The van der Waals surface area contributed by atoms with E-state index >= 15 is 0 Å². The van der Waals surface area contributed by atoms with Crippen molar-refractivity contribution in [3.8, 4) is 0 Å². The van der Waals surface area contributed by atoms with Gasteiger partial charge in [-0.2, -0.15) is 0 Å². The van der Waals surface area contributed by atoms with E-state index in [0.717, 1.165) is 33.2 Å². The lowest BCUT2D eigenvalue weighted by Crippen LogP contribution is -1.98. The zero-order chi connectivity index (χ0) is 15.7. The van der Waals surface area contributed by atoms with E-state index in [1.165, 1.54) is 0 Å². The van der Waals surface area contributed by atoms with Gasteiger partial charge in [-0.3, -0.25) is 9.97 Å². The molecule has 0 N–H and O–H groups in total. The van der Waals surface area contributed by atoms with Crippen molar-refractivity contribution >= 4 is 79.9 Å². The fourth-order valence-corrected chi connectivity index (χ4v) is 2.98. The summed E-state index contributed by atoms with van der Waals surface area (Å²) in [6, 6.07) is 12.1. The zero-order valence-corrected chi connectivity index (χ0v) is 14.9. The van der Waals surface area contributed by atoms with Crippen molar-refractivity contribution < 1.29 is 0 Å². The summed E-state index contributed by atoms with van der Waals surface area (Å²) in [4.78, 5) is 9.43. The molecule has 0 fully saturated rings. The summed E-state index contributed by atoms with van der Waals surface area (Å²) in [5.74, 6) is 0. The molecule has 0 atom stereocenters. The van der Waals surface area contributed by atoms with Crippen LogP contribution in [0.2, 0.25) is 0 Å². The first kappa shape index (κ1) is 15.8. The third-order valence-corrected chi connectivity index (χ3v) is 3.90. The number of hydrogen-bond donors (Lipinski definition) is 2. The van der Waals surface area contributed by atoms with Crippen molar-refractivity contribution in [2.45, 2.75) is 12.8 Å².